The number of methoxy groups -OCH3 is 1. The number of aromatic amines is 2. The van der Waals surface area contributed by atoms with Gasteiger partial charge in [0.25, 0.3) is 0 Å². The van der Waals surface area contributed by atoms with Crippen molar-refractivity contribution in [3.8, 4) is 33.6 Å². The molecule has 2 aromatic heterocycles. The summed E-state index contributed by atoms with van der Waals surface area (Å²) in [6.07, 6.45) is 4.23. The number of H-pyrrole nitrogens is 2. The molecule has 0 aliphatic carbocycles. The van der Waals surface area contributed by atoms with Crippen LogP contribution in [0.3, 0.4) is 0 Å². The van der Waals surface area contributed by atoms with Crippen LogP contribution in [0.4, 0.5) is 9.59 Å². The molecule has 0 radical (unpaired) electrons. The van der Waals surface area contributed by atoms with Gasteiger partial charge in [-0.1, -0.05) is 76.2 Å². The monoisotopic (exact) mass is 814 g/mol. The first kappa shape index (κ1) is 40.2. The lowest BCUT2D eigenvalue weighted by Gasteiger charge is -2.30. The summed E-state index contributed by atoms with van der Waals surface area (Å²) in [5.74, 6) is 2.81. The second-order valence-electron chi connectivity index (χ2n) is 15.5. The summed E-state index contributed by atoms with van der Waals surface area (Å²) in [5.41, 5.74) is 5.52. The first-order valence-electron chi connectivity index (χ1n) is 19.4. The molecule has 14 nitrogen and oxygen atoms in total. The molecule has 1 spiro atoms. The van der Waals surface area contributed by atoms with Gasteiger partial charge in [-0.3, -0.25) is 9.59 Å². The third-order valence-electron chi connectivity index (χ3n) is 11.0. The lowest BCUT2D eigenvalue weighted by Crippen LogP contribution is -2.51. The summed E-state index contributed by atoms with van der Waals surface area (Å²) < 4.78 is 4.73. The highest BCUT2D eigenvalue weighted by Gasteiger charge is 2.51. The maximum absolute atomic E-state index is 14.0. The minimum Gasteiger partial charge on any atom is -0.465 e. The van der Waals surface area contributed by atoms with Gasteiger partial charge in [0.15, 0.2) is 0 Å². The van der Waals surface area contributed by atoms with Gasteiger partial charge in [0.2, 0.25) is 11.8 Å². The number of carbonyl (C=O) groups excluding carboxylic acids is 3. The van der Waals surface area contributed by atoms with Gasteiger partial charge < -0.3 is 40.2 Å². The van der Waals surface area contributed by atoms with E-state index in [2.05, 4.69) is 44.9 Å². The van der Waals surface area contributed by atoms with Crippen molar-refractivity contribution in [2.45, 2.75) is 75.2 Å². The number of alkyl carbamates (subject to hydrolysis) is 1. The standard InChI is InChI=1S/C41H50N8O6S2/c1-23(2)33(46-39(52)53)37(50)48-16-6-7-31(48)35-42-20-29(44-35)27-12-8-25(9-13-27)26-10-14-28(15-11-26)30-21-43-36(45-30)32-19-41(56-17-18-57-41)22-49(32)38(51)34(24(3)4)47-40(54)55-5/h8-15,20-21,23-24,31-34,46H,6-7,16-19,22H2,1-5H3,(H,42,44)(H,43,45)(H,47,54)(H,52,53)/t31-,32-,33-,34-/m0/s1. The first-order chi connectivity index (χ1) is 27.4. The number of nitrogens with one attached hydrogen (secondary N) is 4. The molecule has 5 N–H and O–H groups in total. The molecule has 4 aromatic rings. The molecule has 16 heteroatoms. The van der Waals surface area contributed by atoms with Gasteiger partial charge in [-0.25, -0.2) is 19.6 Å². The number of benzene rings is 2. The fourth-order valence-corrected chi connectivity index (χ4v) is 11.3. The molecule has 0 unspecified atom stereocenters. The molecule has 5 heterocycles. The van der Waals surface area contributed by atoms with E-state index in [1.807, 2.05) is 92.8 Å². The number of ether oxygens (including phenoxy) is 1. The van der Waals surface area contributed by atoms with Crippen LogP contribution in [0, 0.1) is 11.8 Å². The van der Waals surface area contributed by atoms with Crippen molar-refractivity contribution >= 4 is 47.5 Å². The highest BCUT2D eigenvalue weighted by atomic mass is 32.2. The van der Waals surface area contributed by atoms with E-state index in [0.29, 0.717) is 18.9 Å². The number of carbonyl (C=O) groups is 4. The van der Waals surface area contributed by atoms with Crippen molar-refractivity contribution in [1.82, 2.24) is 40.4 Å². The molecular formula is C41H50N8O6S2. The van der Waals surface area contributed by atoms with E-state index >= 15 is 0 Å². The van der Waals surface area contributed by atoms with E-state index in [1.165, 1.54) is 7.11 Å². The summed E-state index contributed by atoms with van der Waals surface area (Å²) in [6, 6.07) is 14.4. The molecular weight excluding hydrogens is 765 g/mol. The van der Waals surface area contributed by atoms with Gasteiger partial charge in [0, 0.05) is 54.5 Å². The molecule has 4 amide bonds. The first-order valence-corrected chi connectivity index (χ1v) is 21.4. The number of amides is 4. The van der Waals surface area contributed by atoms with Gasteiger partial charge in [0.05, 0.1) is 34.7 Å². The maximum atomic E-state index is 14.0. The predicted molar refractivity (Wildman–Crippen MR) is 221 cm³/mol. The fraction of sp³-hybridized carbons (Fsp3) is 0.463. The maximum Gasteiger partial charge on any atom is 0.407 e. The van der Waals surface area contributed by atoms with E-state index in [0.717, 1.165) is 70.2 Å². The van der Waals surface area contributed by atoms with Crippen LogP contribution in [-0.4, -0.2) is 107 Å². The van der Waals surface area contributed by atoms with Gasteiger partial charge >= 0.3 is 12.2 Å². The molecule has 0 bridgehead atoms. The molecule has 302 valence electrons. The van der Waals surface area contributed by atoms with Crippen LogP contribution in [0.1, 0.15) is 70.7 Å². The molecule has 3 fully saturated rings. The van der Waals surface area contributed by atoms with Gasteiger partial charge in [0.1, 0.15) is 23.7 Å². The molecule has 0 saturated carbocycles. The molecule has 2 aromatic carbocycles. The highest BCUT2D eigenvalue weighted by Crippen LogP contribution is 2.55. The van der Waals surface area contributed by atoms with Crippen molar-refractivity contribution in [1.29, 1.82) is 0 Å². The zero-order valence-corrected chi connectivity index (χ0v) is 34.4. The van der Waals surface area contributed by atoms with Gasteiger partial charge in [-0.2, -0.15) is 0 Å². The van der Waals surface area contributed by atoms with E-state index < -0.39 is 24.3 Å². The fourth-order valence-electron chi connectivity index (χ4n) is 8.02. The number of thioether (sulfide) groups is 2. The van der Waals surface area contributed by atoms with Crippen LogP contribution in [0.5, 0.6) is 0 Å². The van der Waals surface area contributed by atoms with Gasteiger partial charge in [-0.15, -0.1) is 23.5 Å². The van der Waals surface area contributed by atoms with Crippen molar-refractivity contribution < 1.29 is 29.0 Å². The number of hydrogen-bond acceptors (Lipinski definition) is 9. The summed E-state index contributed by atoms with van der Waals surface area (Å²) in [5, 5.41) is 14.4. The number of hydrogen-bond donors (Lipinski definition) is 5. The Bertz CT molecular complexity index is 2080. The Kier molecular flexibility index (Phi) is 11.9. The molecule has 3 saturated heterocycles. The second-order valence-corrected chi connectivity index (χ2v) is 18.7. The lowest BCUT2D eigenvalue weighted by atomic mass is 10.0. The Morgan fingerprint density at radius 2 is 1.26 bits per heavy atom. The van der Waals surface area contributed by atoms with Crippen LogP contribution >= 0.6 is 23.5 Å². The minimum absolute atomic E-state index is 0.103. The van der Waals surface area contributed by atoms with Crippen LogP contribution in [0.15, 0.2) is 60.9 Å². The predicted octanol–water partition coefficient (Wildman–Crippen LogP) is 6.92. The lowest BCUT2D eigenvalue weighted by molar-refractivity contribution is -0.136. The average molecular weight is 815 g/mol. The quantitative estimate of drug-likeness (QED) is 0.106. The zero-order valence-electron chi connectivity index (χ0n) is 32.8. The van der Waals surface area contributed by atoms with Gasteiger partial charge in [-0.05, 0) is 35.8 Å². The smallest absolute Gasteiger partial charge is 0.407 e. The normalized spacial score (nSPS) is 20.0. The van der Waals surface area contributed by atoms with Crippen LogP contribution in [-0.2, 0) is 14.3 Å². The van der Waals surface area contributed by atoms with E-state index in [-0.39, 0.29) is 39.8 Å². The van der Waals surface area contributed by atoms with Crippen LogP contribution < -0.4 is 10.6 Å². The highest BCUT2D eigenvalue weighted by molar-refractivity contribution is 8.21. The van der Waals surface area contributed by atoms with Crippen molar-refractivity contribution in [3.63, 3.8) is 0 Å². The van der Waals surface area contributed by atoms with Crippen molar-refractivity contribution in [2.75, 3.05) is 31.7 Å². The number of likely N-dealkylation sites (tertiary alicyclic amines) is 2. The molecule has 3 aliphatic rings. The number of rotatable bonds is 11. The Morgan fingerprint density at radius 3 is 1.77 bits per heavy atom. The van der Waals surface area contributed by atoms with Crippen molar-refractivity contribution in [2.24, 2.45) is 11.8 Å². The summed E-state index contributed by atoms with van der Waals surface area (Å²) in [7, 11) is 1.30. The SMILES string of the molecule is COC(=O)N[C@H](C(=O)N1CC2(C[C@H]1c1nc(-c3ccc(-c4ccc(-c5c[nH]c([C@@H]6CCCN6C(=O)[C@@H](NC(=O)O)C(C)C)n5)cc4)cc3)c[nH]1)SCCS2)C(C)C. The Morgan fingerprint density at radius 1 is 0.772 bits per heavy atom. The molecule has 3 aliphatic heterocycles. The number of nitrogens with zero attached hydrogens (tertiary/aromatic N) is 4. The summed E-state index contributed by atoms with van der Waals surface area (Å²) in [4.78, 5) is 71.1. The third-order valence-corrected chi connectivity index (χ3v) is 14.5. The molecule has 7 rings (SSSR count). The largest absolute Gasteiger partial charge is 0.465 e. The summed E-state index contributed by atoms with van der Waals surface area (Å²) in [6.45, 7) is 8.63. The number of carboxylic acid groups (broad SMARTS) is 1. The Labute approximate surface area is 340 Å². The number of aromatic nitrogens is 4. The average Bonchev–Trinajstić information content (AvgIpc) is 4.06. The van der Waals surface area contributed by atoms with Crippen LogP contribution in [0.25, 0.3) is 33.6 Å². The second kappa shape index (κ2) is 16.9. The Hall–Kier alpha value is -4.96. The zero-order chi connectivity index (χ0) is 40.4. The molecule has 4 atom stereocenters. The van der Waals surface area contributed by atoms with E-state index in [4.69, 9.17) is 14.7 Å². The van der Waals surface area contributed by atoms with E-state index in [1.54, 1.807) is 4.90 Å². The third kappa shape index (κ3) is 8.52. The molecule has 57 heavy (non-hydrogen) atoms. The topological polar surface area (TPSA) is 186 Å². The minimum atomic E-state index is -1.21. The Balaban J connectivity index is 1.03. The number of imidazole rings is 2. The van der Waals surface area contributed by atoms with Crippen molar-refractivity contribution in [3.05, 3.63) is 72.6 Å². The summed E-state index contributed by atoms with van der Waals surface area (Å²) >= 11 is 3.81. The van der Waals surface area contributed by atoms with Crippen LogP contribution in [0.2, 0.25) is 0 Å². The van der Waals surface area contributed by atoms with E-state index in [9.17, 15) is 24.3 Å².